The number of esters is 1. The lowest BCUT2D eigenvalue weighted by Crippen LogP contribution is -2.46. The maximum absolute atomic E-state index is 12.6. The van der Waals surface area contributed by atoms with Crippen LogP contribution in [0.25, 0.3) is 0 Å². The van der Waals surface area contributed by atoms with E-state index in [0.29, 0.717) is 11.3 Å². The summed E-state index contributed by atoms with van der Waals surface area (Å²) in [5, 5.41) is 2.86. The molecule has 0 spiro atoms. The van der Waals surface area contributed by atoms with Gasteiger partial charge in [-0.15, -0.1) is 0 Å². The number of allylic oxidation sites excluding steroid dienone is 1. The molecule has 0 bridgehead atoms. The Morgan fingerprint density at radius 1 is 1.23 bits per heavy atom. The molecule has 0 aromatic heterocycles. The van der Waals surface area contributed by atoms with Gasteiger partial charge in [0.1, 0.15) is 5.60 Å². The van der Waals surface area contributed by atoms with Gasteiger partial charge < -0.3 is 15.0 Å². The van der Waals surface area contributed by atoms with Crippen molar-refractivity contribution in [2.24, 2.45) is 0 Å². The van der Waals surface area contributed by atoms with Crippen molar-refractivity contribution < 1.29 is 14.3 Å². The van der Waals surface area contributed by atoms with Crippen LogP contribution in [0.2, 0.25) is 0 Å². The highest BCUT2D eigenvalue weighted by molar-refractivity contribution is 5.95. The molecule has 0 saturated heterocycles. The van der Waals surface area contributed by atoms with Crippen molar-refractivity contribution in [3.8, 4) is 0 Å². The third-order valence-electron chi connectivity index (χ3n) is 3.51. The van der Waals surface area contributed by atoms with Gasteiger partial charge in [-0.25, -0.2) is 9.59 Å². The second-order valence-electron chi connectivity index (χ2n) is 6.35. The molecule has 2 amide bonds. The number of hydrogen-bond donors (Lipinski definition) is 1. The molecule has 1 atom stereocenters. The quantitative estimate of drug-likeness (QED) is 0.854. The average Bonchev–Trinajstić information content (AvgIpc) is 2.43. The van der Waals surface area contributed by atoms with Crippen molar-refractivity contribution >= 4 is 12.0 Å². The third kappa shape index (κ3) is 3.30. The minimum atomic E-state index is -0.592. The summed E-state index contributed by atoms with van der Waals surface area (Å²) in [5.74, 6) is -0.411. The summed E-state index contributed by atoms with van der Waals surface area (Å²) in [7, 11) is 1.64. The first kappa shape index (κ1) is 16.1. The second kappa shape index (κ2) is 5.83. The normalized spacial score (nSPS) is 19.0. The fourth-order valence-electron chi connectivity index (χ4n) is 2.33. The molecule has 0 aliphatic carbocycles. The van der Waals surface area contributed by atoms with E-state index in [1.165, 1.54) is 4.90 Å². The number of amides is 2. The molecule has 0 unspecified atom stereocenters. The summed E-state index contributed by atoms with van der Waals surface area (Å²) < 4.78 is 5.51. The number of hydrogen-bond acceptors (Lipinski definition) is 3. The van der Waals surface area contributed by atoms with E-state index in [0.717, 1.165) is 5.56 Å². The van der Waals surface area contributed by atoms with Gasteiger partial charge >= 0.3 is 12.0 Å². The summed E-state index contributed by atoms with van der Waals surface area (Å²) in [5.41, 5.74) is 1.32. The summed E-state index contributed by atoms with van der Waals surface area (Å²) in [4.78, 5) is 26.1. The molecular formula is C17H22N2O3. The van der Waals surface area contributed by atoms with Crippen molar-refractivity contribution in [3.05, 3.63) is 47.2 Å². The van der Waals surface area contributed by atoms with E-state index in [4.69, 9.17) is 4.74 Å². The monoisotopic (exact) mass is 302 g/mol. The predicted molar refractivity (Wildman–Crippen MR) is 84.0 cm³/mol. The Hall–Kier alpha value is -2.30. The predicted octanol–water partition coefficient (Wildman–Crippen LogP) is 3.00. The Morgan fingerprint density at radius 2 is 1.82 bits per heavy atom. The minimum Gasteiger partial charge on any atom is -0.456 e. The Labute approximate surface area is 130 Å². The number of urea groups is 1. The van der Waals surface area contributed by atoms with Crippen molar-refractivity contribution in [2.45, 2.75) is 39.3 Å². The summed E-state index contributed by atoms with van der Waals surface area (Å²) >= 11 is 0. The van der Waals surface area contributed by atoms with E-state index in [2.05, 4.69) is 5.32 Å². The SMILES string of the molecule is CC1=C(C(=O)OC(C)(C)C)[C@H](c2ccccc2)NC(=O)N1C. The number of nitrogens with one attached hydrogen (secondary N) is 1. The first-order valence-electron chi connectivity index (χ1n) is 7.24. The van der Waals surface area contributed by atoms with Crippen molar-refractivity contribution in [1.82, 2.24) is 10.2 Å². The fourth-order valence-corrected chi connectivity index (χ4v) is 2.33. The fraction of sp³-hybridized carbons (Fsp3) is 0.412. The third-order valence-corrected chi connectivity index (χ3v) is 3.51. The molecule has 2 rings (SSSR count). The molecule has 5 nitrogen and oxygen atoms in total. The standard InChI is InChI=1S/C17H22N2O3/c1-11-13(15(20)22-17(2,3)4)14(18-16(21)19(11)5)12-9-7-6-8-10-12/h6-10,14H,1-5H3,(H,18,21)/t14-/m0/s1. The highest BCUT2D eigenvalue weighted by atomic mass is 16.6. The van der Waals surface area contributed by atoms with Crippen LogP contribution in [-0.4, -0.2) is 29.5 Å². The molecule has 1 aliphatic rings. The number of carbonyl (C=O) groups is 2. The van der Waals surface area contributed by atoms with Crippen LogP contribution in [0.15, 0.2) is 41.6 Å². The number of rotatable bonds is 2. The molecular weight excluding hydrogens is 280 g/mol. The first-order valence-corrected chi connectivity index (χ1v) is 7.24. The van der Waals surface area contributed by atoms with Crippen LogP contribution in [0.1, 0.15) is 39.3 Å². The van der Waals surface area contributed by atoms with E-state index >= 15 is 0 Å². The smallest absolute Gasteiger partial charge is 0.338 e. The second-order valence-corrected chi connectivity index (χ2v) is 6.35. The Kier molecular flexibility index (Phi) is 4.26. The zero-order valence-corrected chi connectivity index (χ0v) is 13.6. The van der Waals surface area contributed by atoms with Crippen LogP contribution in [-0.2, 0) is 9.53 Å². The van der Waals surface area contributed by atoms with Crippen LogP contribution in [0.4, 0.5) is 4.79 Å². The van der Waals surface area contributed by atoms with Gasteiger partial charge in [0.2, 0.25) is 0 Å². The number of carbonyl (C=O) groups excluding carboxylic acids is 2. The van der Waals surface area contributed by atoms with Crippen LogP contribution < -0.4 is 5.32 Å². The van der Waals surface area contributed by atoms with Crippen LogP contribution >= 0.6 is 0 Å². The van der Waals surface area contributed by atoms with E-state index in [-0.39, 0.29) is 6.03 Å². The van der Waals surface area contributed by atoms with E-state index in [1.54, 1.807) is 14.0 Å². The van der Waals surface area contributed by atoms with Gasteiger partial charge in [0, 0.05) is 12.7 Å². The Balaban J connectivity index is 2.47. The van der Waals surface area contributed by atoms with Gasteiger partial charge in [-0.1, -0.05) is 30.3 Å². The van der Waals surface area contributed by atoms with Crippen molar-refractivity contribution in [2.75, 3.05) is 7.05 Å². The molecule has 0 saturated carbocycles. The minimum absolute atomic E-state index is 0.237. The number of benzene rings is 1. The van der Waals surface area contributed by atoms with Crippen molar-refractivity contribution in [3.63, 3.8) is 0 Å². The molecule has 1 aliphatic heterocycles. The van der Waals surface area contributed by atoms with Crippen LogP contribution in [0, 0.1) is 0 Å². The molecule has 1 aromatic carbocycles. The average molecular weight is 302 g/mol. The summed E-state index contributed by atoms with van der Waals surface area (Å²) in [6.07, 6.45) is 0. The molecule has 1 aromatic rings. The van der Waals surface area contributed by atoms with E-state index in [1.807, 2.05) is 51.1 Å². The number of ether oxygens (including phenoxy) is 1. The molecule has 22 heavy (non-hydrogen) atoms. The van der Waals surface area contributed by atoms with E-state index in [9.17, 15) is 9.59 Å². The highest BCUT2D eigenvalue weighted by Crippen LogP contribution is 2.31. The number of nitrogens with zero attached hydrogens (tertiary/aromatic N) is 1. The van der Waals surface area contributed by atoms with Gasteiger partial charge in [-0.3, -0.25) is 0 Å². The summed E-state index contributed by atoms with van der Waals surface area (Å²) in [6, 6.07) is 8.67. The molecule has 0 radical (unpaired) electrons. The largest absolute Gasteiger partial charge is 0.456 e. The Bertz CT molecular complexity index is 615. The van der Waals surface area contributed by atoms with Gasteiger partial charge in [0.25, 0.3) is 0 Å². The molecule has 118 valence electrons. The maximum atomic E-state index is 12.6. The van der Waals surface area contributed by atoms with Gasteiger partial charge in [-0.05, 0) is 33.3 Å². The van der Waals surface area contributed by atoms with Gasteiger partial charge in [-0.2, -0.15) is 0 Å². The molecule has 1 heterocycles. The van der Waals surface area contributed by atoms with Crippen LogP contribution in [0.3, 0.4) is 0 Å². The lowest BCUT2D eigenvalue weighted by molar-refractivity contribution is -0.150. The van der Waals surface area contributed by atoms with Gasteiger partial charge in [0.05, 0.1) is 11.6 Å². The topological polar surface area (TPSA) is 58.6 Å². The van der Waals surface area contributed by atoms with E-state index < -0.39 is 17.6 Å². The maximum Gasteiger partial charge on any atom is 0.338 e. The molecule has 0 fully saturated rings. The summed E-state index contributed by atoms with van der Waals surface area (Å²) in [6.45, 7) is 7.23. The molecule has 5 heteroatoms. The van der Waals surface area contributed by atoms with Crippen LogP contribution in [0.5, 0.6) is 0 Å². The Morgan fingerprint density at radius 3 is 2.36 bits per heavy atom. The lowest BCUT2D eigenvalue weighted by Gasteiger charge is -2.34. The molecule has 1 N–H and O–H groups in total. The highest BCUT2D eigenvalue weighted by Gasteiger charge is 2.36. The van der Waals surface area contributed by atoms with Gasteiger partial charge in [0.15, 0.2) is 0 Å². The van der Waals surface area contributed by atoms with Crippen molar-refractivity contribution in [1.29, 1.82) is 0 Å². The lowest BCUT2D eigenvalue weighted by atomic mass is 9.95. The zero-order valence-electron chi connectivity index (χ0n) is 13.6. The zero-order chi connectivity index (χ0) is 16.5. The first-order chi connectivity index (χ1) is 10.2.